The van der Waals surface area contributed by atoms with E-state index in [-0.39, 0.29) is 5.82 Å². The van der Waals surface area contributed by atoms with Gasteiger partial charge in [0, 0.05) is 19.2 Å². The first-order valence-electron chi connectivity index (χ1n) is 5.70. The van der Waals surface area contributed by atoms with Crippen LogP contribution in [0.5, 0.6) is 0 Å². The molecule has 0 unspecified atom stereocenters. The quantitative estimate of drug-likeness (QED) is 0.832. The average molecular weight is 251 g/mol. The Hall–Kier alpha value is -1.88. The van der Waals surface area contributed by atoms with E-state index in [2.05, 4.69) is 0 Å². The Morgan fingerprint density at radius 2 is 2.11 bits per heavy atom. The van der Waals surface area contributed by atoms with Gasteiger partial charge in [0.15, 0.2) is 0 Å². The summed E-state index contributed by atoms with van der Waals surface area (Å²) in [4.78, 5) is 12.3. The van der Waals surface area contributed by atoms with Crippen LogP contribution in [0.15, 0.2) is 24.3 Å². The fourth-order valence-electron chi connectivity index (χ4n) is 1.86. The van der Waals surface area contributed by atoms with Crippen molar-refractivity contribution in [1.29, 1.82) is 0 Å². The molecule has 1 aromatic rings. The molecule has 1 saturated heterocycles. The molecule has 1 fully saturated rings. The number of nitrogens with zero attached hydrogens (tertiary/aromatic N) is 1. The molecule has 0 spiro atoms. The number of aliphatic carboxylic acids is 1. The van der Waals surface area contributed by atoms with Crippen LogP contribution in [0.2, 0.25) is 0 Å². The van der Waals surface area contributed by atoms with Gasteiger partial charge in [-0.05, 0) is 23.8 Å². The highest BCUT2D eigenvalue weighted by Gasteiger charge is 2.14. The number of benzene rings is 1. The molecular weight excluding hydrogens is 237 g/mol. The normalized spacial score (nSPS) is 16.2. The molecule has 1 aliphatic rings. The third kappa shape index (κ3) is 3.07. The second kappa shape index (κ2) is 5.64. The van der Waals surface area contributed by atoms with Crippen LogP contribution in [-0.2, 0) is 9.53 Å². The zero-order valence-electron chi connectivity index (χ0n) is 9.80. The van der Waals surface area contributed by atoms with Crippen molar-refractivity contribution in [3.63, 3.8) is 0 Å². The van der Waals surface area contributed by atoms with Crippen molar-refractivity contribution in [1.82, 2.24) is 0 Å². The lowest BCUT2D eigenvalue weighted by atomic mass is 10.1. The van der Waals surface area contributed by atoms with Gasteiger partial charge in [0.1, 0.15) is 5.82 Å². The van der Waals surface area contributed by atoms with Crippen LogP contribution in [0.1, 0.15) is 5.56 Å². The maximum atomic E-state index is 13.9. The number of rotatable bonds is 3. The number of hydrogen-bond acceptors (Lipinski definition) is 3. The molecule has 0 saturated carbocycles. The molecule has 1 aromatic carbocycles. The average Bonchev–Trinajstić information content (AvgIpc) is 2.37. The van der Waals surface area contributed by atoms with Gasteiger partial charge in [0.2, 0.25) is 0 Å². The van der Waals surface area contributed by atoms with Crippen LogP contribution >= 0.6 is 0 Å². The van der Waals surface area contributed by atoms with Gasteiger partial charge in [-0.3, -0.25) is 0 Å². The maximum absolute atomic E-state index is 13.9. The molecule has 0 aromatic heterocycles. The van der Waals surface area contributed by atoms with Gasteiger partial charge in [-0.1, -0.05) is 6.07 Å². The number of ether oxygens (including phenoxy) is 1. The summed E-state index contributed by atoms with van der Waals surface area (Å²) in [5, 5.41) is 8.50. The molecule has 96 valence electrons. The highest BCUT2D eigenvalue weighted by atomic mass is 19.1. The summed E-state index contributed by atoms with van der Waals surface area (Å²) in [5.74, 6) is -1.39. The predicted octanol–water partition coefficient (Wildman–Crippen LogP) is 1.76. The fourth-order valence-corrected chi connectivity index (χ4v) is 1.86. The van der Waals surface area contributed by atoms with E-state index in [1.165, 1.54) is 12.1 Å². The summed E-state index contributed by atoms with van der Waals surface area (Å²) in [7, 11) is 0. The molecule has 0 atom stereocenters. The van der Waals surface area contributed by atoms with Crippen molar-refractivity contribution in [3.8, 4) is 0 Å². The molecule has 1 N–H and O–H groups in total. The van der Waals surface area contributed by atoms with Gasteiger partial charge < -0.3 is 14.7 Å². The number of carbonyl (C=O) groups is 1. The van der Waals surface area contributed by atoms with Gasteiger partial charge >= 0.3 is 5.97 Å². The number of hydrogen-bond donors (Lipinski definition) is 1. The Morgan fingerprint density at radius 1 is 1.39 bits per heavy atom. The van der Waals surface area contributed by atoms with E-state index >= 15 is 0 Å². The summed E-state index contributed by atoms with van der Waals surface area (Å²) in [6.07, 6.45) is 2.36. The molecule has 0 bridgehead atoms. The van der Waals surface area contributed by atoms with Crippen LogP contribution in [-0.4, -0.2) is 37.4 Å². The van der Waals surface area contributed by atoms with E-state index in [1.807, 2.05) is 4.90 Å². The van der Waals surface area contributed by atoms with Crippen molar-refractivity contribution >= 4 is 17.7 Å². The van der Waals surface area contributed by atoms with E-state index in [1.54, 1.807) is 12.1 Å². The van der Waals surface area contributed by atoms with Crippen LogP contribution in [0, 0.1) is 5.82 Å². The van der Waals surface area contributed by atoms with Crippen LogP contribution in [0.25, 0.3) is 6.08 Å². The molecule has 0 amide bonds. The van der Waals surface area contributed by atoms with Crippen molar-refractivity contribution in [3.05, 3.63) is 35.7 Å². The van der Waals surface area contributed by atoms with Crippen molar-refractivity contribution < 1.29 is 19.0 Å². The van der Waals surface area contributed by atoms with E-state index in [9.17, 15) is 9.18 Å². The smallest absolute Gasteiger partial charge is 0.328 e. The molecule has 1 aliphatic heterocycles. The first-order chi connectivity index (χ1) is 8.66. The first kappa shape index (κ1) is 12.6. The number of carboxylic acids is 1. The van der Waals surface area contributed by atoms with E-state index < -0.39 is 5.97 Å². The zero-order valence-corrected chi connectivity index (χ0v) is 9.80. The Morgan fingerprint density at radius 3 is 2.72 bits per heavy atom. The summed E-state index contributed by atoms with van der Waals surface area (Å²) >= 11 is 0. The topological polar surface area (TPSA) is 49.8 Å². The van der Waals surface area contributed by atoms with E-state index in [0.717, 1.165) is 6.08 Å². The molecule has 2 rings (SSSR count). The van der Waals surface area contributed by atoms with Crippen molar-refractivity contribution in [2.75, 3.05) is 31.2 Å². The number of morpholine rings is 1. The minimum absolute atomic E-state index is 0.343. The van der Waals surface area contributed by atoms with Gasteiger partial charge in [-0.25, -0.2) is 9.18 Å². The minimum Gasteiger partial charge on any atom is -0.478 e. The number of anilines is 1. The second-order valence-electron chi connectivity index (χ2n) is 3.98. The predicted molar refractivity (Wildman–Crippen MR) is 66.1 cm³/mol. The van der Waals surface area contributed by atoms with Crippen molar-refractivity contribution in [2.45, 2.75) is 0 Å². The summed E-state index contributed by atoms with van der Waals surface area (Å²) in [5.41, 5.74) is 1.07. The molecule has 1 heterocycles. The van der Waals surface area contributed by atoms with Gasteiger partial charge in [-0.2, -0.15) is 0 Å². The van der Waals surface area contributed by atoms with Gasteiger partial charge in [0.25, 0.3) is 0 Å². The molecule has 0 radical (unpaired) electrons. The summed E-state index contributed by atoms with van der Waals surface area (Å²) in [6.45, 7) is 2.53. The lowest BCUT2D eigenvalue weighted by molar-refractivity contribution is -0.131. The van der Waals surface area contributed by atoms with Crippen molar-refractivity contribution in [2.24, 2.45) is 0 Å². The number of carboxylic acid groups (broad SMARTS) is 1. The zero-order chi connectivity index (χ0) is 13.0. The van der Waals surface area contributed by atoms with Crippen LogP contribution < -0.4 is 4.90 Å². The lowest BCUT2D eigenvalue weighted by Crippen LogP contribution is -2.36. The first-order valence-corrected chi connectivity index (χ1v) is 5.70. The summed E-state index contributed by atoms with van der Waals surface area (Å²) in [6, 6.07) is 4.71. The van der Waals surface area contributed by atoms with E-state index in [4.69, 9.17) is 9.84 Å². The van der Waals surface area contributed by atoms with Crippen LogP contribution in [0.4, 0.5) is 10.1 Å². The number of halogens is 1. The fraction of sp³-hybridized carbons (Fsp3) is 0.308. The Balaban J connectivity index is 2.16. The third-order valence-corrected chi connectivity index (χ3v) is 2.74. The largest absolute Gasteiger partial charge is 0.478 e. The standard InChI is InChI=1S/C13H14FNO3/c14-11-9-10(2-4-13(16)17)1-3-12(11)15-5-7-18-8-6-15/h1-4,9H,5-8H2,(H,16,17). The Kier molecular flexibility index (Phi) is 3.94. The minimum atomic E-state index is -1.05. The highest BCUT2D eigenvalue weighted by molar-refractivity contribution is 5.85. The van der Waals surface area contributed by atoms with Gasteiger partial charge in [-0.15, -0.1) is 0 Å². The SMILES string of the molecule is O=C(O)C=Cc1ccc(N2CCOCC2)c(F)c1. The monoisotopic (exact) mass is 251 g/mol. The van der Waals surface area contributed by atoms with Crippen LogP contribution in [0.3, 0.4) is 0 Å². The summed E-state index contributed by atoms with van der Waals surface area (Å²) < 4.78 is 19.1. The highest BCUT2D eigenvalue weighted by Crippen LogP contribution is 2.22. The lowest BCUT2D eigenvalue weighted by Gasteiger charge is -2.29. The second-order valence-corrected chi connectivity index (χ2v) is 3.98. The van der Waals surface area contributed by atoms with Gasteiger partial charge in [0.05, 0.1) is 18.9 Å². The maximum Gasteiger partial charge on any atom is 0.328 e. The van der Waals surface area contributed by atoms with E-state index in [0.29, 0.717) is 37.6 Å². The molecular formula is C13H14FNO3. The third-order valence-electron chi connectivity index (χ3n) is 2.74. The molecule has 4 nitrogen and oxygen atoms in total. The Bertz CT molecular complexity index is 467. The Labute approximate surface area is 104 Å². The molecule has 18 heavy (non-hydrogen) atoms. The molecule has 5 heteroatoms. The molecule has 0 aliphatic carbocycles.